The van der Waals surface area contributed by atoms with E-state index in [0.717, 1.165) is 60.3 Å². The molecular weight excluding hydrogens is 607 g/mol. The summed E-state index contributed by atoms with van der Waals surface area (Å²) < 4.78 is 18.5. The molecular formula is C34H38ClFN8O2. The number of likely N-dealkylation sites (N-methyl/N-ethyl adjacent to an activating group) is 1. The van der Waals surface area contributed by atoms with E-state index in [4.69, 9.17) is 16.7 Å². The van der Waals surface area contributed by atoms with Crippen LogP contribution in [-0.4, -0.2) is 88.4 Å². The van der Waals surface area contributed by atoms with E-state index in [1.165, 1.54) is 19.2 Å². The van der Waals surface area contributed by atoms with Crippen molar-refractivity contribution in [2.45, 2.75) is 19.9 Å². The number of carbonyl (C=O) groups is 1. The third-order valence-corrected chi connectivity index (χ3v) is 9.02. The highest BCUT2D eigenvalue weighted by Crippen LogP contribution is 2.31. The molecule has 240 valence electrons. The summed E-state index contributed by atoms with van der Waals surface area (Å²) in [5, 5.41) is 13.4. The molecule has 4 heterocycles. The van der Waals surface area contributed by atoms with Gasteiger partial charge in [-0.05, 0) is 56.3 Å². The third kappa shape index (κ3) is 6.22. The van der Waals surface area contributed by atoms with Crippen LogP contribution in [-0.2, 0) is 20.0 Å². The summed E-state index contributed by atoms with van der Waals surface area (Å²) >= 11 is 6.24. The SMILES string of the molecule is CNC(=O)c1ccc(-c2nc(Cl)ccc2NCCc2cc(C)cc3c(=O)n(C)c4c(cnn4CCN4CCN(C)CC4)c23)cc1F. The number of piperazine rings is 1. The zero-order chi connectivity index (χ0) is 32.5. The molecule has 1 aliphatic rings. The first-order valence-corrected chi connectivity index (χ1v) is 15.8. The van der Waals surface area contributed by atoms with Gasteiger partial charge in [0.1, 0.15) is 16.6 Å². The van der Waals surface area contributed by atoms with Crippen molar-refractivity contribution in [1.29, 1.82) is 0 Å². The molecule has 0 bridgehead atoms. The first kappa shape index (κ1) is 31.7. The lowest BCUT2D eigenvalue weighted by Gasteiger charge is -2.32. The molecule has 0 spiro atoms. The van der Waals surface area contributed by atoms with Crippen LogP contribution in [0.1, 0.15) is 21.5 Å². The Kier molecular flexibility index (Phi) is 9.08. The van der Waals surface area contributed by atoms with E-state index in [0.29, 0.717) is 41.8 Å². The fraction of sp³-hybridized carbons (Fsp3) is 0.353. The first-order chi connectivity index (χ1) is 22.1. The van der Waals surface area contributed by atoms with E-state index >= 15 is 0 Å². The normalized spacial score (nSPS) is 14.3. The number of hydrogen-bond acceptors (Lipinski definition) is 7. The van der Waals surface area contributed by atoms with Gasteiger partial charge in [-0.15, -0.1) is 0 Å². The van der Waals surface area contributed by atoms with E-state index in [1.807, 2.05) is 37.0 Å². The van der Waals surface area contributed by atoms with Crippen molar-refractivity contribution in [2.75, 3.05) is 58.7 Å². The quantitative estimate of drug-likeness (QED) is 0.231. The summed E-state index contributed by atoms with van der Waals surface area (Å²) in [7, 11) is 5.42. The summed E-state index contributed by atoms with van der Waals surface area (Å²) in [6.07, 6.45) is 2.49. The molecule has 3 aromatic heterocycles. The number of nitrogens with zero attached hydrogens (tertiary/aromatic N) is 6. The molecule has 1 fully saturated rings. The zero-order valence-electron chi connectivity index (χ0n) is 26.5. The number of rotatable bonds is 9. The van der Waals surface area contributed by atoms with Gasteiger partial charge in [-0.25, -0.2) is 14.1 Å². The second kappa shape index (κ2) is 13.2. The maximum absolute atomic E-state index is 14.8. The first-order valence-electron chi connectivity index (χ1n) is 15.5. The molecule has 5 aromatic rings. The topological polar surface area (TPSA) is 100 Å². The van der Waals surface area contributed by atoms with Crippen molar-refractivity contribution in [1.82, 2.24) is 34.4 Å². The number of halogens is 2. The number of fused-ring (bicyclic) bond motifs is 3. The molecule has 46 heavy (non-hydrogen) atoms. The Hall–Kier alpha value is -4.32. The maximum Gasteiger partial charge on any atom is 0.259 e. The summed E-state index contributed by atoms with van der Waals surface area (Å²) in [5.41, 5.74) is 4.40. The Morgan fingerprint density at radius 2 is 1.80 bits per heavy atom. The van der Waals surface area contributed by atoms with Crippen LogP contribution in [0.4, 0.5) is 10.1 Å². The van der Waals surface area contributed by atoms with Crippen LogP contribution in [0.25, 0.3) is 33.1 Å². The van der Waals surface area contributed by atoms with Crippen LogP contribution in [0.3, 0.4) is 0 Å². The highest BCUT2D eigenvalue weighted by Gasteiger charge is 2.19. The monoisotopic (exact) mass is 644 g/mol. The lowest BCUT2D eigenvalue weighted by molar-refractivity contribution is 0.0959. The van der Waals surface area contributed by atoms with Crippen LogP contribution >= 0.6 is 11.6 Å². The third-order valence-electron chi connectivity index (χ3n) is 8.81. The number of benzene rings is 2. The second-order valence-corrected chi connectivity index (χ2v) is 12.3. The second-order valence-electron chi connectivity index (χ2n) is 11.9. The fourth-order valence-corrected chi connectivity index (χ4v) is 6.46. The minimum atomic E-state index is -0.648. The van der Waals surface area contributed by atoms with E-state index in [1.54, 1.807) is 16.7 Å². The summed E-state index contributed by atoms with van der Waals surface area (Å²) in [4.78, 5) is 34.9. The van der Waals surface area contributed by atoms with E-state index < -0.39 is 11.7 Å². The van der Waals surface area contributed by atoms with Crippen LogP contribution in [0.5, 0.6) is 0 Å². The summed E-state index contributed by atoms with van der Waals surface area (Å²) in [6.45, 7) is 8.23. The van der Waals surface area contributed by atoms with Gasteiger partial charge in [0.05, 0.1) is 29.7 Å². The van der Waals surface area contributed by atoms with Crippen molar-refractivity contribution >= 4 is 45.0 Å². The molecule has 2 N–H and O–H groups in total. The Labute approximate surface area is 271 Å². The highest BCUT2D eigenvalue weighted by molar-refractivity contribution is 6.29. The van der Waals surface area contributed by atoms with Crippen molar-refractivity contribution in [3.05, 3.63) is 86.7 Å². The molecule has 10 nitrogen and oxygen atoms in total. The molecule has 6 rings (SSSR count). The van der Waals surface area contributed by atoms with Gasteiger partial charge in [0, 0.05) is 75.1 Å². The largest absolute Gasteiger partial charge is 0.383 e. The molecule has 1 amide bonds. The van der Waals surface area contributed by atoms with Crippen molar-refractivity contribution in [3.8, 4) is 11.3 Å². The van der Waals surface area contributed by atoms with E-state index in [9.17, 15) is 14.0 Å². The average Bonchev–Trinajstić information content (AvgIpc) is 3.47. The molecule has 0 radical (unpaired) electrons. The molecule has 0 aliphatic carbocycles. The molecule has 1 saturated heterocycles. The lowest BCUT2D eigenvalue weighted by atomic mass is 9.98. The van der Waals surface area contributed by atoms with Gasteiger partial charge in [0.15, 0.2) is 0 Å². The van der Waals surface area contributed by atoms with Crippen LogP contribution in [0.2, 0.25) is 5.15 Å². The number of aryl methyl sites for hydroxylation is 2. The number of aromatic nitrogens is 4. The van der Waals surface area contributed by atoms with Gasteiger partial charge in [0.2, 0.25) is 0 Å². The number of nitrogens with one attached hydrogen (secondary N) is 2. The van der Waals surface area contributed by atoms with Gasteiger partial charge >= 0.3 is 0 Å². The molecule has 0 unspecified atom stereocenters. The predicted molar refractivity (Wildman–Crippen MR) is 181 cm³/mol. The highest BCUT2D eigenvalue weighted by atomic mass is 35.5. The Balaban J connectivity index is 1.29. The molecule has 2 aromatic carbocycles. The number of amides is 1. The minimum Gasteiger partial charge on any atom is -0.383 e. The minimum absolute atomic E-state index is 0.0470. The molecule has 12 heteroatoms. The maximum atomic E-state index is 14.8. The Morgan fingerprint density at radius 1 is 1.02 bits per heavy atom. The van der Waals surface area contributed by atoms with Crippen LogP contribution in [0.15, 0.2) is 53.5 Å². The van der Waals surface area contributed by atoms with Gasteiger partial charge in [-0.3, -0.25) is 19.1 Å². The molecule has 0 saturated carbocycles. The predicted octanol–water partition coefficient (Wildman–Crippen LogP) is 4.31. The van der Waals surface area contributed by atoms with Crippen LogP contribution < -0.4 is 16.2 Å². The van der Waals surface area contributed by atoms with Gasteiger partial charge in [0.25, 0.3) is 11.5 Å². The van der Waals surface area contributed by atoms with E-state index in [-0.39, 0.29) is 16.3 Å². The van der Waals surface area contributed by atoms with Crippen molar-refractivity contribution < 1.29 is 9.18 Å². The average molecular weight is 645 g/mol. The van der Waals surface area contributed by atoms with Crippen LogP contribution in [0, 0.1) is 12.7 Å². The summed E-state index contributed by atoms with van der Waals surface area (Å²) in [6, 6.07) is 11.9. The molecule has 0 atom stereocenters. The van der Waals surface area contributed by atoms with E-state index in [2.05, 4.69) is 38.5 Å². The Bertz CT molecular complexity index is 2000. The zero-order valence-corrected chi connectivity index (χ0v) is 27.3. The van der Waals surface area contributed by atoms with Gasteiger partial charge in [-0.2, -0.15) is 5.10 Å². The molecule has 1 aliphatic heterocycles. The number of pyridine rings is 2. The lowest BCUT2D eigenvalue weighted by Crippen LogP contribution is -2.45. The number of carbonyl (C=O) groups excluding carboxylic acids is 1. The Morgan fingerprint density at radius 3 is 2.54 bits per heavy atom. The standard InChI is InChI=1S/C34H38ClFN8O2/c1-21-17-22(9-10-38-28-7-8-29(35)40-31(28)23-5-6-24(27(36)19-23)32(45)37-2)30-25(18-21)34(46)42(4)33-26(30)20-39-44(33)16-15-43-13-11-41(3)12-14-43/h5-8,17-20,38H,9-16H2,1-4H3,(H,37,45). The van der Waals surface area contributed by atoms with Gasteiger partial charge < -0.3 is 15.5 Å². The summed E-state index contributed by atoms with van der Waals surface area (Å²) in [5.74, 6) is -1.15. The van der Waals surface area contributed by atoms with Crippen molar-refractivity contribution in [3.63, 3.8) is 0 Å². The van der Waals surface area contributed by atoms with Gasteiger partial charge in [-0.1, -0.05) is 29.3 Å². The number of anilines is 1. The smallest absolute Gasteiger partial charge is 0.259 e. The van der Waals surface area contributed by atoms with Crippen molar-refractivity contribution in [2.24, 2.45) is 7.05 Å². The fourth-order valence-electron chi connectivity index (χ4n) is 6.31. The number of hydrogen-bond donors (Lipinski definition) is 2.